The van der Waals surface area contributed by atoms with Crippen LogP contribution in [0.4, 0.5) is 5.82 Å². The van der Waals surface area contributed by atoms with Gasteiger partial charge in [-0.1, -0.05) is 19.8 Å². The van der Waals surface area contributed by atoms with Crippen LogP contribution in [0, 0.1) is 13.8 Å². The van der Waals surface area contributed by atoms with E-state index in [0.29, 0.717) is 0 Å². The van der Waals surface area contributed by atoms with E-state index in [0.717, 1.165) is 29.9 Å². The van der Waals surface area contributed by atoms with Crippen LogP contribution in [0.5, 0.6) is 0 Å². The second-order valence-electron chi connectivity index (χ2n) is 5.00. The summed E-state index contributed by atoms with van der Waals surface area (Å²) in [6, 6.07) is 0. The Kier molecular flexibility index (Phi) is 4.87. The summed E-state index contributed by atoms with van der Waals surface area (Å²) in [5.41, 5.74) is 1.21. The van der Waals surface area contributed by atoms with Gasteiger partial charge in [0.1, 0.15) is 16.7 Å². The lowest BCUT2D eigenvalue weighted by Crippen LogP contribution is -2.08. The Morgan fingerprint density at radius 1 is 1.22 bits per heavy atom. The molecule has 1 N–H and O–H groups in total. The van der Waals surface area contributed by atoms with Crippen molar-refractivity contribution in [3.63, 3.8) is 0 Å². The molecule has 0 aromatic carbocycles. The largest absolute Gasteiger partial charge is 0.370 e. The van der Waals surface area contributed by atoms with Gasteiger partial charge in [0.25, 0.3) is 0 Å². The average Bonchev–Trinajstić information content (AvgIpc) is 2.84. The summed E-state index contributed by atoms with van der Waals surface area (Å²) in [6.07, 6.45) is 6.55. The van der Waals surface area contributed by atoms with Gasteiger partial charge in [0, 0.05) is 17.4 Å². The Labute approximate surface area is 114 Å². The Morgan fingerprint density at radius 2 is 1.94 bits per heavy atom. The zero-order valence-corrected chi connectivity index (χ0v) is 12.4. The molecule has 1 aliphatic rings. The lowest BCUT2D eigenvalue weighted by Gasteiger charge is -2.14. The molecule has 100 valence electrons. The van der Waals surface area contributed by atoms with Crippen LogP contribution in [-0.4, -0.2) is 21.8 Å². The summed E-state index contributed by atoms with van der Waals surface area (Å²) < 4.78 is 0. The Balaban J connectivity index is 2.14. The van der Waals surface area contributed by atoms with Gasteiger partial charge in [-0.05, 0) is 33.1 Å². The van der Waals surface area contributed by atoms with Crippen molar-refractivity contribution < 1.29 is 0 Å². The molecule has 2 rings (SSSR count). The molecule has 0 spiro atoms. The molecule has 4 heteroatoms. The minimum Gasteiger partial charge on any atom is -0.370 e. The van der Waals surface area contributed by atoms with Gasteiger partial charge >= 0.3 is 0 Å². The van der Waals surface area contributed by atoms with Crippen molar-refractivity contribution in [2.45, 2.75) is 63.2 Å². The number of nitrogens with zero attached hydrogens (tertiary/aromatic N) is 2. The molecule has 0 bridgehead atoms. The fraction of sp³-hybridized carbons (Fsp3) is 0.714. The van der Waals surface area contributed by atoms with Crippen LogP contribution in [-0.2, 0) is 0 Å². The van der Waals surface area contributed by atoms with Crippen molar-refractivity contribution in [3.8, 4) is 0 Å². The molecule has 0 radical (unpaired) electrons. The highest BCUT2D eigenvalue weighted by Crippen LogP contribution is 2.36. The number of thioether (sulfide) groups is 1. The number of anilines is 1. The monoisotopic (exact) mass is 265 g/mol. The minimum absolute atomic E-state index is 0.761. The molecule has 1 heterocycles. The minimum atomic E-state index is 0.761. The predicted octanol–water partition coefficient (Wildman–Crippen LogP) is 3.95. The zero-order chi connectivity index (χ0) is 13.0. The van der Waals surface area contributed by atoms with Gasteiger partial charge < -0.3 is 5.32 Å². The van der Waals surface area contributed by atoms with Crippen LogP contribution in [0.15, 0.2) is 5.03 Å². The van der Waals surface area contributed by atoms with Crippen LogP contribution >= 0.6 is 11.8 Å². The topological polar surface area (TPSA) is 37.8 Å². The summed E-state index contributed by atoms with van der Waals surface area (Å²) in [5, 5.41) is 5.34. The van der Waals surface area contributed by atoms with E-state index in [4.69, 9.17) is 0 Å². The van der Waals surface area contributed by atoms with Gasteiger partial charge in [0.2, 0.25) is 0 Å². The maximum Gasteiger partial charge on any atom is 0.133 e. The standard InChI is InChI=1S/C14H23N3S/c1-4-9-15-13-10(2)14(17-11(3)16-13)18-12-7-5-6-8-12/h12H,4-9H2,1-3H3,(H,15,16,17). The molecule has 1 aliphatic carbocycles. The van der Waals surface area contributed by atoms with Crippen molar-refractivity contribution in [1.29, 1.82) is 0 Å². The third-order valence-corrected chi connectivity index (χ3v) is 4.76. The summed E-state index contributed by atoms with van der Waals surface area (Å²) >= 11 is 1.95. The number of aryl methyl sites for hydroxylation is 1. The maximum absolute atomic E-state index is 4.62. The first-order valence-electron chi connectivity index (χ1n) is 6.96. The Bertz CT molecular complexity index is 400. The van der Waals surface area contributed by atoms with Gasteiger partial charge in [-0.2, -0.15) is 0 Å². The van der Waals surface area contributed by atoms with Crippen molar-refractivity contribution >= 4 is 17.6 Å². The number of rotatable bonds is 5. The second-order valence-corrected chi connectivity index (χ2v) is 6.29. The van der Waals surface area contributed by atoms with Crippen molar-refractivity contribution in [1.82, 2.24) is 9.97 Å². The van der Waals surface area contributed by atoms with Gasteiger partial charge in [0.05, 0.1) is 0 Å². The first-order valence-corrected chi connectivity index (χ1v) is 7.84. The lowest BCUT2D eigenvalue weighted by atomic mass is 10.3. The molecule has 1 fully saturated rings. The lowest BCUT2D eigenvalue weighted by molar-refractivity contribution is 0.879. The number of hydrogen-bond acceptors (Lipinski definition) is 4. The molecule has 1 aromatic rings. The molecule has 0 amide bonds. The Hall–Kier alpha value is -0.770. The van der Waals surface area contributed by atoms with Crippen LogP contribution in [0.1, 0.15) is 50.4 Å². The zero-order valence-electron chi connectivity index (χ0n) is 11.6. The number of hydrogen-bond donors (Lipinski definition) is 1. The summed E-state index contributed by atoms with van der Waals surface area (Å²) in [7, 11) is 0. The molecule has 0 saturated heterocycles. The first kappa shape index (κ1) is 13.7. The molecule has 3 nitrogen and oxygen atoms in total. The fourth-order valence-corrected chi connectivity index (χ4v) is 3.64. The molecule has 0 aliphatic heterocycles. The van der Waals surface area contributed by atoms with E-state index in [1.165, 1.54) is 36.3 Å². The molecular weight excluding hydrogens is 242 g/mol. The maximum atomic E-state index is 4.62. The second kappa shape index (κ2) is 6.41. The average molecular weight is 265 g/mol. The van der Waals surface area contributed by atoms with E-state index in [1.54, 1.807) is 0 Å². The number of nitrogens with one attached hydrogen (secondary N) is 1. The summed E-state index contributed by atoms with van der Waals surface area (Å²) in [5.74, 6) is 1.89. The molecule has 18 heavy (non-hydrogen) atoms. The highest BCUT2D eigenvalue weighted by atomic mass is 32.2. The van der Waals surface area contributed by atoms with Crippen molar-refractivity contribution in [3.05, 3.63) is 11.4 Å². The molecule has 1 aromatic heterocycles. The Morgan fingerprint density at radius 3 is 2.61 bits per heavy atom. The van der Waals surface area contributed by atoms with E-state index >= 15 is 0 Å². The van der Waals surface area contributed by atoms with E-state index < -0.39 is 0 Å². The van der Waals surface area contributed by atoms with Gasteiger partial charge in [-0.25, -0.2) is 9.97 Å². The van der Waals surface area contributed by atoms with E-state index in [9.17, 15) is 0 Å². The highest BCUT2D eigenvalue weighted by molar-refractivity contribution is 7.99. The molecule has 0 atom stereocenters. The summed E-state index contributed by atoms with van der Waals surface area (Å²) in [6.45, 7) is 7.26. The van der Waals surface area contributed by atoms with E-state index in [2.05, 4.69) is 29.1 Å². The molecule has 0 unspecified atom stereocenters. The number of aromatic nitrogens is 2. The van der Waals surface area contributed by atoms with Crippen LogP contribution in [0.3, 0.4) is 0 Å². The predicted molar refractivity (Wildman–Crippen MR) is 78.4 cm³/mol. The molecule has 1 saturated carbocycles. The highest BCUT2D eigenvalue weighted by Gasteiger charge is 2.19. The van der Waals surface area contributed by atoms with Crippen LogP contribution in [0.2, 0.25) is 0 Å². The van der Waals surface area contributed by atoms with Crippen molar-refractivity contribution in [2.75, 3.05) is 11.9 Å². The smallest absolute Gasteiger partial charge is 0.133 e. The van der Waals surface area contributed by atoms with E-state index in [1.807, 2.05) is 18.7 Å². The first-order chi connectivity index (χ1) is 8.70. The SMILES string of the molecule is CCCNc1nc(C)nc(SC2CCCC2)c1C. The molecular formula is C14H23N3S. The van der Waals surface area contributed by atoms with Crippen LogP contribution in [0.25, 0.3) is 0 Å². The van der Waals surface area contributed by atoms with E-state index in [-0.39, 0.29) is 0 Å². The normalized spacial score (nSPS) is 16.2. The third-order valence-electron chi connectivity index (χ3n) is 3.34. The summed E-state index contributed by atoms with van der Waals surface area (Å²) in [4.78, 5) is 9.13. The van der Waals surface area contributed by atoms with Gasteiger partial charge in [-0.3, -0.25) is 0 Å². The fourth-order valence-electron chi connectivity index (χ4n) is 2.30. The quantitative estimate of drug-likeness (QED) is 0.818. The van der Waals surface area contributed by atoms with Gasteiger partial charge in [-0.15, -0.1) is 11.8 Å². The third kappa shape index (κ3) is 3.37. The van der Waals surface area contributed by atoms with Gasteiger partial charge in [0.15, 0.2) is 0 Å². The van der Waals surface area contributed by atoms with Crippen molar-refractivity contribution in [2.24, 2.45) is 0 Å². The van der Waals surface area contributed by atoms with Crippen LogP contribution < -0.4 is 5.32 Å².